The Morgan fingerprint density at radius 3 is 2.86 bits per heavy atom. The second-order valence-corrected chi connectivity index (χ2v) is 10.3. The van der Waals surface area contributed by atoms with E-state index in [2.05, 4.69) is 24.0 Å². The van der Waals surface area contributed by atoms with Gasteiger partial charge in [0.25, 0.3) is 0 Å². The van der Waals surface area contributed by atoms with Crippen molar-refractivity contribution in [3.63, 3.8) is 0 Å². The minimum atomic E-state index is -0.210. The molecule has 0 spiro atoms. The molecule has 0 saturated carbocycles. The van der Waals surface area contributed by atoms with Gasteiger partial charge in [-0.1, -0.05) is 41.7 Å². The van der Waals surface area contributed by atoms with Crippen LogP contribution in [0.1, 0.15) is 29.9 Å². The third kappa shape index (κ3) is 3.34. The Hall–Kier alpha value is -1.68. The Kier molecular flexibility index (Phi) is 4.81. The number of hydrogen-bond donors (Lipinski definition) is 0. The van der Waals surface area contributed by atoms with Crippen molar-refractivity contribution in [1.82, 2.24) is 19.6 Å². The number of thioether (sulfide) groups is 2. The first kappa shape index (κ1) is 19.3. The van der Waals surface area contributed by atoms with Gasteiger partial charge in [0.05, 0.1) is 17.6 Å². The van der Waals surface area contributed by atoms with Crippen molar-refractivity contribution in [3.8, 4) is 0 Å². The molecule has 4 heterocycles. The summed E-state index contributed by atoms with van der Waals surface area (Å²) in [5.74, 6) is 0.288. The first-order valence-electron chi connectivity index (χ1n) is 9.20. The number of halogens is 1. The Labute approximate surface area is 180 Å². The number of nitrogens with zero attached hydrogens (tertiary/aromatic N) is 4. The van der Waals surface area contributed by atoms with Gasteiger partial charge in [-0.2, -0.15) is 0 Å². The van der Waals surface area contributed by atoms with Crippen molar-refractivity contribution in [2.24, 2.45) is 0 Å². The van der Waals surface area contributed by atoms with Crippen LogP contribution in [0.3, 0.4) is 0 Å². The van der Waals surface area contributed by atoms with E-state index < -0.39 is 0 Å². The molecule has 0 unspecified atom stereocenters. The molecule has 4 aromatic rings. The molecule has 0 bridgehead atoms. The first-order chi connectivity index (χ1) is 14.0. The SMILES string of the molecule is CSc1nc2sc3c(c2c2nnc(SCc4ccccc4F)n12)CC(C)(C)OC3. The van der Waals surface area contributed by atoms with Gasteiger partial charge in [0.15, 0.2) is 16.0 Å². The van der Waals surface area contributed by atoms with Crippen molar-refractivity contribution in [2.45, 2.75) is 48.5 Å². The highest BCUT2D eigenvalue weighted by atomic mass is 32.2. The van der Waals surface area contributed by atoms with Gasteiger partial charge >= 0.3 is 0 Å². The zero-order valence-corrected chi connectivity index (χ0v) is 18.7. The zero-order chi connectivity index (χ0) is 20.2. The van der Waals surface area contributed by atoms with Crippen molar-refractivity contribution in [1.29, 1.82) is 0 Å². The molecule has 1 aliphatic rings. The summed E-state index contributed by atoms with van der Waals surface area (Å²) in [6.45, 7) is 4.83. The van der Waals surface area contributed by atoms with Crippen molar-refractivity contribution in [2.75, 3.05) is 6.26 Å². The number of aromatic nitrogens is 4. The fourth-order valence-electron chi connectivity index (χ4n) is 3.58. The summed E-state index contributed by atoms with van der Waals surface area (Å²) in [4.78, 5) is 7.10. The van der Waals surface area contributed by atoms with E-state index in [4.69, 9.17) is 9.72 Å². The fraction of sp³-hybridized carbons (Fsp3) is 0.350. The highest BCUT2D eigenvalue weighted by molar-refractivity contribution is 7.99. The van der Waals surface area contributed by atoms with E-state index in [0.717, 1.165) is 32.6 Å². The average Bonchev–Trinajstić information content (AvgIpc) is 3.27. The third-order valence-electron chi connectivity index (χ3n) is 5.01. The van der Waals surface area contributed by atoms with Crippen LogP contribution in [0.2, 0.25) is 0 Å². The molecule has 3 aromatic heterocycles. The number of ether oxygens (including phenoxy) is 1. The van der Waals surface area contributed by atoms with Crippen LogP contribution >= 0.6 is 34.9 Å². The fourth-order valence-corrected chi connectivity index (χ4v) is 6.25. The molecule has 9 heteroatoms. The second kappa shape index (κ2) is 7.23. The monoisotopic (exact) mass is 446 g/mol. The molecule has 0 N–H and O–H groups in total. The van der Waals surface area contributed by atoms with Gasteiger partial charge in [-0.15, -0.1) is 21.5 Å². The van der Waals surface area contributed by atoms with Crippen LogP contribution in [0.5, 0.6) is 0 Å². The van der Waals surface area contributed by atoms with Gasteiger partial charge in [-0.05, 0) is 37.3 Å². The van der Waals surface area contributed by atoms with E-state index in [0.29, 0.717) is 17.9 Å². The lowest BCUT2D eigenvalue weighted by atomic mass is 9.94. The minimum Gasteiger partial charge on any atom is -0.370 e. The Balaban J connectivity index is 1.63. The number of fused-ring (bicyclic) bond motifs is 5. The van der Waals surface area contributed by atoms with Crippen LogP contribution in [0.15, 0.2) is 34.6 Å². The molecule has 0 aliphatic carbocycles. The molecule has 0 radical (unpaired) electrons. The van der Waals surface area contributed by atoms with Gasteiger partial charge in [0.2, 0.25) is 0 Å². The smallest absolute Gasteiger partial charge is 0.198 e. The van der Waals surface area contributed by atoms with Gasteiger partial charge < -0.3 is 4.74 Å². The molecule has 5 nitrogen and oxygen atoms in total. The van der Waals surface area contributed by atoms with Crippen LogP contribution in [-0.4, -0.2) is 31.4 Å². The van der Waals surface area contributed by atoms with E-state index in [1.54, 1.807) is 35.2 Å². The topological polar surface area (TPSA) is 52.3 Å². The van der Waals surface area contributed by atoms with E-state index in [-0.39, 0.29) is 11.4 Å². The summed E-state index contributed by atoms with van der Waals surface area (Å²) in [5.41, 5.74) is 2.54. The molecule has 0 atom stereocenters. The Morgan fingerprint density at radius 1 is 1.24 bits per heavy atom. The maximum Gasteiger partial charge on any atom is 0.198 e. The standard InChI is InChI=1S/C20H19FN4OS3/c1-20(2)8-12-14(9-26-20)29-17-15(12)16-23-24-19(25(16)18(22-17)27-3)28-10-11-6-4-5-7-13(11)21/h4-7H,8-10H2,1-3H3. The largest absolute Gasteiger partial charge is 0.370 e. The van der Waals surface area contributed by atoms with Crippen LogP contribution in [0.25, 0.3) is 15.9 Å². The molecule has 0 amide bonds. The lowest BCUT2D eigenvalue weighted by Gasteiger charge is -2.30. The quantitative estimate of drug-likeness (QED) is 0.311. The molecule has 0 saturated heterocycles. The van der Waals surface area contributed by atoms with Gasteiger partial charge in [0, 0.05) is 17.1 Å². The van der Waals surface area contributed by atoms with Crippen LogP contribution in [0.4, 0.5) is 4.39 Å². The van der Waals surface area contributed by atoms with E-state index in [1.807, 2.05) is 16.7 Å². The highest BCUT2D eigenvalue weighted by Crippen LogP contribution is 2.41. The van der Waals surface area contributed by atoms with Crippen LogP contribution in [0, 0.1) is 5.82 Å². The van der Waals surface area contributed by atoms with Gasteiger partial charge in [-0.3, -0.25) is 0 Å². The molecule has 29 heavy (non-hydrogen) atoms. The zero-order valence-electron chi connectivity index (χ0n) is 16.2. The molecule has 0 fully saturated rings. The van der Waals surface area contributed by atoms with Crippen LogP contribution in [-0.2, 0) is 23.5 Å². The predicted molar refractivity (Wildman–Crippen MR) is 116 cm³/mol. The highest BCUT2D eigenvalue weighted by Gasteiger charge is 2.31. The maximum atomic E-state index is 14.0. The lowest BCUT2D eigenvalue weighted by Crippen LogP contribution is -2.31. The summed E-state index contributed by atoms with van der Waals surface area (Å²) in [7, 11) is 0. The van der Waals surface area contributed by atoms with E-state index in [9.17, 15) is 4.39 Å². The molecule has 1 aromatic carbocycles. The van der Waals surface area contributed by atoms with E-state index in [1.165, 1.54) is 28.3 Å². The third-order valence-corrected chi connectivity index (χ3v) is 7.73. The minimum absolute atomic E-state index is 0.200. The number of thiophene rings is 1. The Morgan fingerprint density at radius 2 is 2.07 bits per heavy atom. The molecule has 150 valence electrons. The summed E-state index contributed by atoms with van der Waals surface area (Å²) in [5, 5.41) is 11.6. The van der Waals surface area contributed by atoms with E-state index >= 15 is 0 Å². The van der Waals surface area contributed by atoms with Crippen molar-refractivity contribution >= 4 is 50.7 Å². The molecule has 1 aliphatic heterocycles. The number of benzene rings is 1. The lowest BCUT2D eigenvalue weighted by molar-refractivity contribution is -0.0379. The molecular weight excluding hydrogens is 427 g/mol. The summed E-state index contributed by atoms with van der Waals surface area (Å²) >= 11 is 4.72. The van der Waals surface area contributed by atoms with Gasteiger partial charge in [-0.25, -0.2) is 13.8 Å². The molecule has 5 rings (SSSR count). The first-order valence-corrected chi connectivity index (χ1v) is 12.2. The van der Waals surface area contributed by atoms with Crippen LogP contribution < -0.4 is 0 Å². The van der Waals surface area contributed by atoms with Crippen molar-refractivity contribution < 1.29 is 9.13 Å². The molecular formula is C20H19FN4OS3. The second-order valence-electron chi connectivity index (χ2n) is 7.53. The maximum absolute atomic E-state index is 14.0. The average molecular weight is 447 g/mol. The summed E-state index contributed by atoms with van der Waals surface area (Å²) < 4.78 is 22.0. The van der Waals surface area contributed by atoms with Gasteiger partial charge in [0.1, 0.15) is 10.6 Å². The normalized spacial score (nSPS) is 15.9. The Bertz CT molecular complexity index is 1230. The predicted octanol–water partition coefficient (Wildman–Crippen LogP) is 5.34. The summed E-state index contributed by atoms with van der Waals surface area (Å²) in [6, 6.07) is 6.83. The van der Waals surface area contributed by atoms with Crippen molar-refractivity contribution in [3.05, 3.63) is 46.1 Å². The number of rotatable bonds is 4. The summed E-state index contributed by atoms with van der Waals surface area (Å²) in [6.07, 6.45) is 2.82. The number of hydrogen-bond acceptors (Lipinski definition) is 7.